The van der Waals surface area contributed by atoms with Gasteiger partial charge in [-0.1, -0.05) is 68.7 Å². The number of nitrogens with zero attached hydrogens (tertiary/aromatic N) is 1. The van der Waals surface area contributed by atoms with Crippen molar-refractivity contribution in [3.05, 3.63) is 65.9 Å². The van der Waals surface area contributed by atoms with Gasteiger partial charge in [0.15, 0.2) is 0 Å². The molecule has 1 heterocycles. The summed E-state index contributed by atoms with van der Waals surface area (Å²) in [5.74, 6) is -0.725. The van der Waals surface area contributed by atoms with Gasteiger partial charge in [0.1, 0.15) is 0 Å². The van der Waals surface area contributed by atoms with Crippen LogP contribution in [0.1, 0.15) is 63.0 Å². The summed E-state index contributed by atoms with van der Waals surface area (Å²) in [6.45, 7) is 2.25. The van der Waals surface area contributed by atoms with Crippen LogP contribution in [0.4, 0.5) is 0 Å². The van der Waals surface area contributed by atoms with Crippen LogP contribution in [0.25, 0.3) is 22.0 Å². The van der Waals surface area contributed by atoms with Crippen LogP contribution >= 0.6 is 0 Å². The Kier molecular flexibility index (Phi) is 7.80. The maximum Gasteiger partial charge on any atom is 0.303 e. The van der Waals surface area contributed by atoms with Crippen molar-refractivity contribution in [2.75, 3.05) is 0 Å². The van der Waals surface area contributed by atoms with E-state index in [0.717, 1.165) is 24.8 Å². The Labute approximate surface area is 173 Å². The molecule has 0 aliphatic carbocycles. The summed E-state index contributed by atoms with van der Waals surface area (Å²) in [6.07, 6.45) is 10.8. The third-order valence-electron chi connectivity index (χ3n) is 5.52. The molecule has 0 amide bonds. The molecule has 0 saturated carbocycles. The van der Waals surface area contributed by atoms with Crippen molar-refractivity contribution in [1.82, 2.24) is 4.98 Å². The summed E-state index contributed by atoms with van der Waals surface area (Å²) in [7, 11) is 0. The normalized spacial score (nSPS) is 11.1. The first-order valence-electron chi connectivity index (χ1n) is 10.9. The van der Waals surface area contributed by atoms with Crippen LogP contribution in [0.3, 0.4) is 0 Å². The van der Waals surface area contributed by atoms with E-state index >= 15 is 0 Å². The van der Waals surface area contributed by atoms with Crippen LogP contribution in [0, 0.1) is 0 Å². The molecule has 0 saturated heterocycles. The molecule has 152 valence electrons. The van der Waals surface area contributed by atoms with Gasteiger partial charge in [-0.2, -0.15) is 0 Å². The number of fused-ring (bicyclic) bond motifs is 1. The fourth-order valence-corrected chi connectivity index (χ4v) is 3.88. The SMILES string of the molecule is CCCCCCc1ccc(-c2ccc(CCCCC(=O)O)c3ncccc23)cc1. The minimum atomic E-state index is -0.725. The van der Waals surface area contributed by atoms with Crippen molar-refractivity contribution >= 4 is 16.9 Å². The number of hydrogen-bond acceptors (Lipinski definition) is 2. The number of pyridine rings is 1. The smallest absolute Gasteiger partial charge is 0.303 e. The second-order valence-corrected chi connectivity index (χ2v) is 7.78. The monoisotopic (exact) mass is 389 g/mol. The maximum atomic E-state index is 10.7. The minimum Gasteiger partial charge on any atom is -0.481 e. The van der Waals surface area contributed by atoms with E-state index in [1.54, 1.807) is 0 Å². The molecule has 0 fully saturated rings. The molecule has 0 unspecified atom stereocenters. The molecule has 0 aliphatic heterocycles. The zero-order chi connectivity index (χ0) is 20.5. The molecule has 1 N–H and O–H groups in total. The molecule has 3 aromatic rings. The Hall–Kier alpha value is -2.68. The second-order valence-electron chi connectivity index (χ2n) is 7.78. The lowest BCUT2D eigenvalue weighted by molar-refractivity contribution is -0.137. The van der Waals surface area contributed by atoms with Crippen molar-refractivity contribution in [3.8, 4) is 11.1 Å². The van der Waals surface area contributed by atoms with Gasteiger partial charge in [-0.3, -0.25) is 9.78 Å². The van der Waals surface area contributed by atoms with Crippen LogP contribution < -0.4 is 0 Å². The van der Waals surface area contributed by atoms with E-state index in [1.165, 1.54) is 53.3 Å². The van der Waals surface area contributed by atoms with Gasteiger partial charge in [0.25, 0.3) is 0 Å². The summed E-state index contributed by atoms with van der Waals surface area (Å²) in [5, 5.41) is 9.99. The number of rotatable bonds is 11. The molecule has 0 spiro atoms. The topological polar surface area (TPSA) is 50.2 Å². The standard InChI is InChI=1S/C26H31NO2/c1-2-3-4-5-9-20-13-15-21(16-14-20)23-18-17-22(10-6-7-12-25(28)29)26-24(23)11-8-19-27-26/h8,11,13-19H,2-7,9-10,12H2,1H3,(H,28,29). The molecule has 3 rings (SSSR count). The van der Waals surface area contributed by atoms with Crippen LogP contribution in [-0.2, 0) is 17.6 Å². The molecule has 0 bridgehead atoms. The third kappa shape index (κ3) is 5.90. The van der Waals surface area contributed by atoms with Crippen LogP contribution in [0.5, 0.6) is 0 Å². The molecule has 29 heavy (non-hydrogen) atoms. The average molecular weight is 390 g/mol. The first-order chi connectivity index (χ1) is 14.2. The van der Waals surface area contributed by atoms with Gasteiger partial charge < -0.3 is 5.11 Å². The van der Waals surface area contributed by atoms with Crippen molar-refractivity contribution in [1.29, 1.82) is 0 Å². The molecule has 3 heteroatoms. The Bertz CT molecular complexity index is 931. The summed E-state index contributed by atoms with van der Waals surface area (Å²) < 4.78 is 0. The van der Waals surface area contributed by atoms with E-state index in [2.05, 4.69) is 54.4 Å². The highest BCUT2D eigenvalue weighted by atomic mass is 16.4. The molecular weight excluding hydrogens is 358 g/mol. The van der Waals surface area contributed by atoms with E-state index in [-0.39, 0.29) is 6.42 Å². The molecule has 0 radical (unpaired) electrons. The Morgan fingerprint density at radius 1 is 0.897 bits per heavy atom. The quantitative estimate of drug-likeness (QED) is 0.366. The highest BCUT2D eigenvalue weighted by Crippen LogP contribution is 2.31. The summed E-state index contributed by atoms with van der Waals surface area (Å²) >= 11 is 0. The molecular formula is C26H31NO2. The van der Waals surface area contributed by atoms with E-state index < -0.39 is 5.97 Å². The van der Waals surface area contributed by atoms with E-state index in [1.807, 2.05) is 12.3 Å². The first-order valence-corrected chi connectivity index (χ1v) is 10.9. The van der Waals surface area contributed by atoms with Gasteiger partial charge in [0, 0.05) is 18.0 Å². The predicted octanol–water partition coefficient (Wildman–Crippen LogP) is 6.82. The third-order valence-corrected chi connectivity index (χ3v) is 5.52. The fourth-order valence-electron chi connectivity index (χ4n) is 3.88. The van der Waals surface area contributed by atoms with Crippen molar-refractivity contribution in [2.24, 2.45) is 0 Å². The number of aliphatic carboxylic acids is 1. The zero-order valence-electron chi connectivity index (χ0n) is 17.4. The van der Waals surface area contributed by atoms with Gasteiger partial charge >= 0.3 is 5.97 Å². The number of unbranched alkanes of at least 4 members (excludes halogenated alkanes) is 4. The predicted molar refractivity (Wildman–Crippen MR) is 120 cm³/mol. The zero-order valence-corrected chi connectivity index (χ0v) is 17.4. The Morgan fingerprint density at radius 2 is 1.69 bits per heavy atom. The minimum absolute atomic E-state index is 0.230. The Morgan fingerprint density at radius 3 is 2.45 bits per heavy atom. The van der Waals surface area contributed by atoms with Gasteiger partial charge in [0.2, 0.25) is 0 Å². The van der Waals surface area contributed by atoms with E-state index in [4.69, 9.17) is 5.11 Å². The molecule has 0 aliphatic rings. The number of aryl methyl sites for hydroxylation is 2. The largest absolute Gasteiger partial charge is 0.481 e. The number of carboxylic acids is 1. The number of carbonyl (C=O) groups is 1. The number of hydrogen-bond donors (Lipinski definition) is 1. The number of aromatic nitrogens is 1. The van der Waals surface area contributed by atoms with Crippen molar-refractivity contribution in [3.63, 3.8) is 0 Å². The lowest BCUT2D eigenvalue weighted by Gasteiger charge is -2.11. The van der Waals surface area contributed by atoms with Crippen molar-refractivity contribution in [2.45, 2.75) is 64.7 Å². The lowest BCUT2D eigenvalue weighted by atomic mass is 9.94. The molecule has 3 nitrogen and oxygen atoms in total. The van der Waals surface area contributed by atoms with Crippen LogP contribution in [0.15, 0.2) is 54.7 Å². The number of carboxylic acid groups (broad SMARTS) is 1. The van der Waals surface area contributed by atoms with E-state index in [9.17, 15) is 4.79 Å². The number of benzene rings is 2. The lowest BCUT2D eigenvalue weighted by Crippen LogP contribution is -1.96. The highest BCUT2D eigenvalue weighted by Gasteiger charge is 2.09. The Balaban J connectivity index is 1.76. The first kappa shape index (κ1) is 21.0. The van der Waals surface area contributed by atoms with Gasteiger partial charge in [-0.15, -0.1) is 0 Å². The second kappa shape index (κ2) is 10.8. The fraction of sp³-hybridized carbons (Fsp3) is 0.385. The summed E-state index contributed by atoms with van der Waals surface area (Å²) in [4.78, 5) is 15.4. The van der Waals surface area contributed by atoms with Crippen LogP contribution in [0.2, 0.25) is 0 Å². The van der Waals surface area contributed by atoms with Crippen LogP contribution in [-0.4, -0.2) is 16.1 Å². The van der Waals surface area contributed by atoms with E-state index in [0.29, 0.717) is 6.42 Å². The highest BCUT2D eigenvalue weighted by molar-refractivity contribution is 5.96. The molecule has 0 atom stereocenters. The summed E-state index contributed by atoms with van der Waals surface area (Å²) in [6, 6.07) is 17.4. The average Bonchev–Trinajstić information content (AvgIpc) is 2.74. The van der Waals surface area contributed by atoms with Crippen molar-refractivity contribution < 1.29 is 9.90 Å². The van der Waals surface area contributed by atoms with Gasteiger partial charge in [0.05, 0.1) is 5.52 Å². The maximum absolute atomic E-state index is 10.7. The van der Waals surface area contributed by atoms with Gasteiger partial charge in [-0.05, 0) is 60.4 Å². The van der Waals surface area contributed by atoms with Gasteiger partial charge in [-0.25, -0.2) is 0 Å². The summed E-state index contributed by atoms with van der Waals surface area (Å²) in [5.41, 5.74) is 6.06. The molecule has 2 aromatic carbocycles. The molecule has 1 aromatic heterocycles.